The quantitative estimate of drug-likeness (QED) is 0.535. The van der Waals surface area contributed by atoms with E-state index in [2.05, 4.69) is 9.97 Å². The molecule has 7 heteroatoms. The van der Waals surface area contributed by atoms with Gasteiger partial charge in [-0.1, -0.05) is 26.0 Å². The average molecular weight is 462 g/mol. The number of aromatic nitrogens is 2. The zero-order chi connectivity index (χ0) is 24.3. The number of nitrogens with one attached hydrogen (secondary N) is 1. The lowest BCUT2D eigenvalue weighted by Gasteiger charge is -2.32. The number of carbonyl (C=O) groups excluding carboxylic acids is 2. The predicted octanol–water partition coefficient (Wildman–Crippen LogP) is 4.11. The number of ketones is 1. The maximum Gasteiger partial charge on any atom is 0.258 e. The first-order valence-corrected chi connectivity index (χ1v) is 11.7. The molecule has 1 N–H and O–H groups in total. The Morgan fingerprint density at radius 2 is 1.76 bits per heavy atom. The fourth-order valence-corrected chi connectivity index (χ4v) is 4.48. The maximum atomic E-state index is 12.9. The third kappa shape index (κ3) is 5.03. The number of likely N-dealkylation sites (tertiary alicyclic amines) is 1. The summed E-state index contributed by atoms with van der Waals surface area (Å²) >= 11 is 0. The van der Waals surface area contributed by atoms with Crippen molar-refractivity contribution in [1.29, 1.82) is 0 Å². The van der Waals surface area contributed by atoms with Crippen LogP contribution in [0.3, 0.4) is 0 Å². The van der Waals surface area contributed by atoms with E-state index in [0.717, 1.165) is 5.75 Å². The second-order valence-corrected chi connectivity index (χ2v) is 9.56. The third-order valence-corrected chi connectivity index (χ3v) is 6.81. The minimum Gasteiger partial charge on any atom is -0.497 e. The Bertz CT molecular complexity index is 1240. The molecule has 0 radical (unpaired) electrons. The lowest BCUT2D eigenvalue weighted by atomic mass is 9.85. The van der Waals surface area contributed by atoms with Gasteiger partial charge in [-0.05, 0) is 55.7 Å². The largest absolute Gasteiger partial charge is 0.497 e. The fraction of sp³-hybridized carbons (Fsp3) is 0.407. The van der Waals surface area contributed by atoms with E-state index in [1.807, 2.05) is 36.9 Å². The molecule has 7 nitrogen and oxygen atoms in total. The molecule has 0 unspecified atom stereocenters. The molecule has 1 saturated heterocycles. The lowest BCUT2D eigenvalue weighted by molar-refractivity contribution is -0.132. The number of hydrogen-bond donors (Lipinski definition) is 1. The van der Waals surface area contributed by atoms with Gasteiger partial charge in [-0.3, -0.25) is 14.4 Å². The SMILES string of the molecule is COc1ccc(C(=O)C2CCN(C(=O)CCC(C)(C)c3nc4ccccc4c(=O)[nH]3)CC2)cc1. The van der Waals surface area contributed by atoms with Crippen molar-refractivity contribution < 1.29 is 14.3 Å². The maximum absolute atomic E-state index is 12.9. The first-order chi connectivity index (χ1) is 16.3. The van der Waals surface area contributed by atoms with E-state index >= 15 is 0 Å². The zero-order valence-electron chi connectivity index (χ0n) is 20.0. The van der Waals surface area contributed by atoms with Crippen LogP contribution in [-0.4, -0.2) is 46.8 Å². The first kappa shape index (κ1) is 23.7. The third-order valence-electron chi connectivity index (χ3n) is 6.81. The van der Waals surface area contributed by atoms with Crippen LogP contribution in [0.2, 0.25) is 0 Å². The molecule has 1 aliphatic heterocycles. The van der Waals surface area contributed by atoms with E-state index < -0.39 is 5.41 Å². The van der Waals surface area contributed by atoms with Crippen molar-refractivity contribution in [1.82, 2.24) is 14.9 Å². The van der Waals surface area contributed by atoms with E-state index in [4.69, 9.17) is 4.74 Å². The molecule has 4 rings (SSSR count). The van der Waals surface area contributed by atoms with Crippen LogP contribution in [0, 0.1) is 5.92 Å². The van der Waals surface area contributed by atoms with Crippen molar-refractivity contribution in [2.45, 2.75) is 44.9 Å². The number of carbonyl (C=O) groups is 2. The van der Waals surface area contributed by atoms with Crippen LogP contribution >= 0.6 is 0 Å². The van der Waals surface area contributed by atoms with Crippen molar-refractivity contribution in [3.05, 3.63) is 70.3 Å². The van der Waals surface area contributed by atoms with E-state index in [-0.39, 0.29) is 23.2 Å². The average Bonchev–Trinajstić information content (AvgIpc) is 2.87. The molecule has 0 spiro atoms. The molecule has 2 aromatic carbocycles. The monoisotopic (exact) mass is 461 g/mol. The van der Waals surface area contributed by atoms with Crippen LogP contribution in [0.15, 0.2) is 53.3 Å². The van der Waals surface area contributed by atoms with Gasteiger partial charge in [0, 0.05) is 36.4 Å². The number of benzene rings is 2. The fourth-order valence-electron chi connectivity index (χ4n) is 4.48. The topological polar surface area (TPSA) is 92.4 Å². The molecular weight excluding hydrogens is 430 g/mol. The van der Waals surface area contributed by atoms with Gasteiger partial charge >= 0.3 is 0 Å². The van der Waals surface area contributed by atoms with Gasteiger partial charge in [0.15, 0.2) is 5.78 Å². The van der Waals surface area contributed by atoms with Crippen LogP contribution in [0.4, 0.5) is 0 Å². The van der Waals surface area contributed by atoms with Crippen molar-refractivity contribution in [3.8, 4) is 5.75 Å². The van der Waals surface area contributed by atoms with Gasteiger partial charge in [0.25, 0.3) is 5.56 Å². The second-order valence-electron chi connectivity index (χ2n) is 9.56. The van der Waals surface area contributed by atoms with E-state index in [1.54, 1.807) is 37.4 Å². The number of hydrogen-bond acceptors (Lipinski definition) is 5. The lowest BCUT2D eigenvalue weighted by Crippen LogP contribution is -2.40. The zero-order valence-corrected chi connectivity index (χ0v) is 20.0. The minimum atomic E-state index is -0.457. The van der Waals surface area contributed by atoms with Gasteiger partial charge < -0.3 is 14.6 Å². The highest BCUT2D eigenvalue weighted by Gasteiger charge is 2.30. The number of para-hydroxylation sites is 1. The summed E-state index contributed by atoms with van der Waals surface area (Å²) in [7, 11) is 1.60. The van der Waals surface area contributed by atoms with Crippen LogP contribution in [-0.2, 0) is 10.2 Å². The van der Waals surface area contributed by atoms with Crippen LogP contribution in [0.5, 0.6) is 5.75 Å². The molecule has 178 valence electrons. The van der Waals surface area contributed by atoms with Crippen molar-refractivity contribution in [2.24, 2.45) is 5.92 Å². The van der Waals surface area contributed by atoms with Gasteiger partial charge in [-0.2, -0.15) is 0 Å². The molecule has 3 aromatic rings. The molecule has 2 heterocycles. The number of nitrogens with zero attached hydrogens (tertiary/aromatic N) is 2. The molecule has 34 heavy (non-hydrogen) atoms. The van der Waals surface area contributed by atoms with Gasteiger partial charge in [0.2, 0.25) is 5.91 Å². The summed E-state index contributed by atoms with van der Waals surface area (Å²) in [6.45, 7) is 5.15. The number of aromatic amines is 1. The van der Waals surface area contributed by atoms with Gasteiger partial charge in [0.05, 0.1) is 18.0 Å². The number of piperidine rings is 1. The highest BCUT2D eigenvalue weighted by molar-refractivity contribution is 5.98. The predicted molar refractivity (Wildman–Crippen MR) is 131 cm³/mol. The summed E-state index contributed by atoms with van der Waals surface area (Å²) in [6.07, 6.45) is 2.26. The number of ether oxygens (including phenoxy) is 1. The van der Waals surface area contributed by atoms with Crippen molar-refractivity contribution in [3.63, 3.8) is 0 Å². The molecule has 1 fully saturated rings. The Hall–Kier alpha value is -3.48. The molecule has 1 aliphatic rings. The highest BCUT2D eigenvalue weighted by atomic mass is 16.5. The number of Topliss-reactive ketones (excluding diaryl/α,β-unsaturated/α-hetero) is 1. The van der Waals surface area contributed by atoms with Crippen molar-refractivity contribution >= 4 is 22.6 Å². The number of methoxy groups -OCH3 is 1. The first-order valence-electron chi connectivity index (χ1n) is 11.7. The number of fused-ring (bicyclic) bond motifs is 1. The summed E-state index contributed by atoms with van der Waals surface area (Å²) in [5.74, 6) is 1.45. The Morgan fingerprint density at radius 1 is 1.09 bits per heavy atom. The van der Waals surface area contributed by atoms with E-state index in [9.17, 15) is 14.4 Å². The minimum absolute atomic E-state index is 0.0687. The standard InChI is InChI=1S/C27H31N3O4/c1-27(2,26-28-22-7-5-4-6-21(22)25(33)29-26)15-12-23(31)30-16-13-19(14-17-30)24(32)18-8-10-20(34-3)11-9-18/h4-11,19H,12-17H2,1-3H3,(H,28,29,33). The van der Waals surface area contributed by atoms with Gasteiger partial charge in [0.1, 0.15) is 11.6 Å². The Balaban J connectivity index is 1.33. The van der Waals surface area contributed by atoms with Crippen LogP contribution in [0.25, 0.3) is 10.9 Å². The molecule has 0 bridgehead atoms. The Kier molecular flexibility index (Phi) is 6.82. The molecule has 1 aromatic heterocycles. The summed E-state index contributed by atoms with van der Waals surface area (Å²) < 4.78 is 5.16. The molecule has 0 aliphatic carbocycles. The Labute approximate surface area is 199 Å². The van der Waals surface area contributed by atoms with E-state index in [1.165, 1.54) is 0 Å². The second kappa shape index (κ2) is 9.79. The summed E-state index contributed by atoms with van der Waals surface area (Å²) in [5.41, 5.74) is 0.721. The van der Waals surface area contributed by atoms with Gasteiger partial charge in [-0.15, -0.1) is 0 Å². The van der Waals surface area contributed by atoms with Crippen LogP contribution < -0.4 is 10.3 Å². The summed E-state index contributed by atoms with van der Waals surface area (Å²) in [4.78, 5) is 47.6. The normalized spacial score (nSPS) is 14.9. The van der Waals surface area contributed by atoms with E-state index in [0.29, 0.717) is 61.1 Å². The summed E-state index contributed by atoms with van der Waals surface area (Å²) in [5, 5.41) is 0.560. The number of amides is 1. The molecule has 1 amide bonds. The smallest absolute Gasteiger partial charge is 0.258 e. The van der Waals surface area contributed by atoms with Crippen molar-refractivity contribution in [2.75, 3.05) is 20.2 Å². The Morgan fingerprint density at radius 3 is 2.44 bits per heavy atom. The van der Waals surface area contributed by atoms with Crippen LogP contribution in [0.1, 0.15) is 55.7 Å². The van der Waals surface area contributed by atoms with Gasteiger partial charge in [-0.25, -0.2) is 4.98 Å². The summed E-state index contributed by atoms with van der Waals surface area (Å²) in [6, 6.07) is 14.4. The molecule has 0 atom stereocenters. The number of rotatable bonds is 7. The highest BCUT2D eigenvalue weighted by Crippen LogP contribution is 2.28. The molecular formula is C27H31N3O4. The molecule has 0 saturated carbocycles. The number of H-pyrrole nitrogens is 1.